The summed E-state index contributed by atoms with van der Waals surface area (Å²) in [5.74, 6) is 0.478. The van der Waals surface area contributed by atoms with E-state index in [0.717, 1.165) is 154 Å². The van der Waals surface area contributed by atoms with Gasteiger partial charge < -0.3 is 64.6 Å². The highest BCUT2D eigenvalue weighted by Gasteiger charge is 2.32. The minimum atomic E-state index is -1.24. The van der Waals surface area contributed by atoms with Gasteiger partial charge in [0.05, 0.1) is 33.8 Å². The van der Waals surface area contributed by atoms with Crippen LogP contribution in [0.2, 0.25) is 0 Å². The molecule has 21 rings (SSSR count). The third kappa shape index (κ3) is 20.2. The maximum Gasteiger partial charge on any atom is 0.358 e. The molecule has 6 aromatic carbocycles. The highest BCUT2D eigenvalue weighted by Crippen LogP contribution is 2.42. The lowest BCUT2D eigenvalue weighted by Crippen LogP contribution is -2.39. The number of amides is 2. The number of hydrogen-bond donors (Lipinski definition) is 11. The van der Waals surface area contributed by atoms with E-state index in [2.05, 4.69) is 108 Å². The maximum absolute atomic E-state index is 13.2. The number of hydrogen-bond acceptors (Lipinski definition) is 28. The molecule has 47 heteroatoms. The number of aryl methyl sites for hydroxylation is 6. The normalized spacial score (nSPS) is 13.9. The van der Waals surface area contributed by atoms with E-state index in [0.29, 0.717) is 94.3 Å². The number of aromatic amines is 3. The summed E-state index contributed by atoms with van der Waals surface area (Å²) >= 11 is 0. The zero-order valence-corrected chi connectivity index (χ0v) is 82.3. The highest BCUT2D eigenvalue weighted by molar-refractivity contribution is 5.99. The molecule has 3 fully saturated rings. The average Bonchev–Trinajstić information content (AvgIpc) is 1.62. The average molecular weight is 2010 g/mol. The second-order valence-electron chi connectivity index (χ2n) is 37.8. The van der Waals surface area contributed by atoms with Crippen LogP contribution in [-0.4, -0.2) is 234 Å². The van der Waals surface area contributed by atoms with Crippen molar-refractivity contribution in [1.82, 2.24) is 146 Å². The number of carboxylic acid groups (broad SMARTS) is 1. The van der Waals surface area contributed by atoms with Crippen LogP contribution in [0.4, 0.5) is 0 Å². The highest BCUT2D eigenvalue weighted by atomic mass is 35.5. The van der Waals surface area contributed by atoms with E-state index in [1.807, 2.05) is 121 Å². The SMILES string of the molecule is CC(C)c1cc(-c2n[nH]c(=O)n2-c2ccc3c(ccn3CCCC3CCN(C(=O)c4ncn5c(=O)n(C)nnc45)CC3)c2)c(O)cc1O.CC(C)c1cc(-c2n[nH]c(=O)n2-c2ccc3c(ccn3CCCC3CCN(C(=O)c4ncn5c(=O)n(C)nnc45)CC3)c2)c(O)cc1O.CC(C)c1cc(-c2n[nH]c(=O)n2-c2ccc3c(ccn3CCCC3CCNCC3)c2)c(O)cc1O.Cl.Cn1nnc2c(C(=O)O)ncn2c1=O. The van der Waals surface area contributed by atoms with E-state index in [1.54, 1.807) is 28.0 Å². The molecule has 3 saturated heterocycles. The van der Waals surface area contributed by atoms with Gasteiger partial charge in [0.2, 0.25) is 0 Å². The predicted octanol–water partition coefficient (Wildman–Crippen LogP) is 9.81. The van der Waals surface area contributed by atoms with E-state index in [1.165, 1.54) is 93.8 Å². The van der Waals surface area contributed by atoms with Crippen LogP contribution in [0.25, 0.3) is 101 Å². The predicted molar refractivity (Wildman–Crippen MR) is 540 cm³/mol. The molecule has 0 aliphatic carbocycles. The summed E-state index contributed by atoms with van der Waals surface area (Å²) < 4.78 is 17.7. The molecular weight excluding hydrogens is 1900 g/mol. The molecule has 11 N–H and O–H groups in total. The van der Waals surface area contributed by atoms with Gasteiger partial charge in [-0.05, 0) is 233 Å². The zero-order valence-electron chi connectivity index (χ0n) is 81.5. The van der Waals surface area contributed by atoms with Crippen molar-refractivity contribution in [3.8, 4) is 85.7 Å². The first-order chi connectivity index (χ1) is 69.7. The lowest BCUT2D eigenvalue weighted by molar-refractivity contribution is 0.0674. The number of H-pyrrole nitrogens is 3. The molecule has 0 saturated carbocycles. The number of fused-ring (bicyclic) bond motifs is 6. The molecule has 0 bridgehead atoms. The van der Waals surface area contributed by atoms with Crippen molar-refractivity contribution in [2.45, 2.75) is 156 Å². The Kier molecular flexibility index (Phi) is 29.1. The van der Waals surface area contributed by atoms with Gasteiger partial charge in [-0.2, -0.15) is 29.3 Å². The van der Waals surface area contributed by atoms with Crippen molar-refractivity contribution in [3.05, 3.63) is 243 Å². The summed E-state index contributed by atoms with van der Waals surface area (Å²) in [5, 5.41) is 120. The number of nitrogens with zero attached hydrogens (tertiary/aromatic N) is 26. The molecule has 0 spiro atoms. The van der Waals surface area contributed by atoms with Crippen LogP contribution in [0, 0.1) is 17.8 Å². The Balaban J connectivity index is 0.000000141. The third-order valence-corrected chi connectivity index (χ3v) is 27.5. The molecule has 146 heavy (non-hydrogen) atoms. The monoisotopic (exact) mass is 2010 g/mol. The molecule has 0 atom stereocenters. The number of aromatic hydroxyl groups is 6. The number of piperidine rings is 3. The van der Waals surface area contributed by atoms with Crippen molar-refractivity contribution in [2.75, 3.05) is 39.3 Å². The summed E-state index contributed by atoms with van der Waals surface area (Å²) in [6, 6.07) is 32.4. The molecule has 760 valence electrons. The first-order valence-corrected chi connectivity index (χ1v) is 48.1. The smallest absolute Gasteiger partial charge is 0.358 e. The largest absolute Gasteiger partial charge is 0.508 e. The molecule has 3 aliphatic heterocycles. The number of likely N-dealkylation sites (tertiary alicyclic amines) is 2. The van der Waals surface area contributed by atoms with Crippen LogP contribution in [-0.2, 0) is 40.8 Å². The van der Waals surface area contributed by atoms with E-state index in [9.17, 15) is 73.8 Å². The molecule has 0 unspecified atom stereocenters. The summed E-state index contributed by atoms with van der Waals surface area (Å²) in [6.07, 6.45) is 22.4. The summed E-state index contributed by atoms with van der Waals surface area (Å²) in [4.78, 5) is 127. The van der Waals surface area contributed by atoms with Crippen LogP contribution >= 0.6 is 12.4 Å². The number of phenols is 6. The van der Waals surface area contributed by atoms with Crippen LogP contribution in [0.1, 0.15) is 185 Å². The lowest BCUT2D eigenvalue weighted by Gasteiger charge is -2.31. The molecule has 12 aromatic heterocycles. The van der Waals surface area contributed by atoms with Crippen LogP contribution in [0.3, 0.4) is 0 Å². The van der Waals surface area contributed by atoms with Crippen molar-refractivity contribution in [2.24, 2.45) is 38.9 Å². The quantitative estimate of drug-likeness (QED) is 0.0268. The number of halogens is 1. The fraction of sp³-hybridized carbons (Fsp3) is 0.364. The van der Waals surface area contributed by atoms with Crippen LogP contribution < -0.4 is 39.5 Å². The Morgan fingerprint density at radius 1 is 0.384 bits per heavy atom. The second-order valence-corrected chi connectivity index (χ2v) is 37.8. The van der Waals surface area contributed by atoms with Gasteiger partial charge in [-0.1, -0.05) is 57.2 Å². The number of aromatic nitrogens is 27. The number of imidazole rings is 3. The molecule has 46 nitrogen and oxygen atoms in total. The van der Waals surface area contributed by atoms with Crippen LogP contribution in [0.5, 0.6) is 34.5 Å². The van der Waals surface area contributed by atoms with E-state index >= 15 is 0 Å². The lowest BCUT2D eigenvalue weighted by atomic mass is 9.92. The Bertz CT molecular complexity index is 8030. The Morgan fingerprint density at radius 3 is 0.979 bits per heavy atom. The third-order valence-electron chi connectivity index (χ3n) is 27.5. The van der Waals surface area contributed by atoms with E-state index in [4.69, 9.17) is 5.11 Å². The summed E-state index contributed by atoms with van der Waals surface area (Å²) in [5.41, 5.74) is 5.86. The number of nitrogens with one attached hydrogen (secondary N) is 4. The minimum Gasteiger partial charge on any atom is -0.508 e. The number of rotatable bonds is 24. The van der Waals surface area contributed by atoms with Gasteiger partial charge in [-0.15, -0.1) is 27.7 Å². The fourth-order valence-corrected chi connectivity index (χ4v) is 19.5. The van der Waals surface area contributed by atoms with E-state index in [-0.39, 0.29) is 128 Å². The van der Waals surface area contributed by atoms with Gasteiger partial charge in [0.1, 0.15) is 53.5 Å². The molecule has 0 radical (unpaired) electrons. The first kappa shape index (κ1) is 101. The van der Waals surface area contributed by atoms with Gasteiger partial charge >= 0.3 is 40.1 Å². The van der Waals surface area contributed by atoms with Gasteiger partial charge in [0.25, 0.3) is 11.8 Å². The number of aromatic carboxylic acids is 1. The van der Waals surface area contributed by atoms with Crippen molar-refractivity contribution in [1.29, 1.82) is 0 Å². The number of benzene rings is 6. The molecule has 15 heterocycles. The standard InChI is InChI=1S/2C33H36N10O5.C27H33N5O3.C6H5N5O3.ClH/c2*1-19(2)23-16-24(27(45)17-26(23)44)29-35-37-32(47)43(29)22-6-7-25-21(15-22)10-14-40(25)11-4-5-20-8-12-41(13-9-20)31(46)28-30-36-38-39(3)33(48)42(30)18-34-28;1-17(2)21-15-22(25(34)16-24(21)33)26-29-30-27(35)32(26)20-5-6-23-19(14-20)9-13-31(23)12-3-4-18-7-10-28-11-8-18;1-10-6(14)11-2-7-3(5(12)13)4(11)8-9-10;/h2*6-7,10,14-20,44-45H,4-5,8-9,11-13H2,1-3H3,(H,37,47);5-6,9,13-18,28,33-34H,3-4,7-8,10-12H2,1-2H3,(H,30,35);2H,1H3,(H,12,13);1H. The van der Waals surface area contributed by atoms with E-state index < -0.39 is 34.4 Å². The second kappa shape index (κ2) is 42.3. The number of phenolic OH excluding ortho intramolecular Hbond substituents is 6. The van der Waals surface area contributed by atoms with Crippen molar-refractivity contribution < 1.29 is 50.1 Å². The van der Waals surface area contributed by atoms with Crippen molar-refractivity contribution in [3.63, 3.8) is 0 Å². The molecule has 3 aliphatic rings. The Labute approximate surface area is 835 Å². The maximum atomic E-state index is 13.2. The number of carboxylic acids is 1. The van der Waals surface area contributed by atoms with Gasteiger partial charge in [-0.3, -0.25) is 9.59 Å². The minimum absolute atomic E-state index is 0. The topological polar surface area (TPSA) is 573 Å². The van der Waals surface area contributed by atoms with Gasteiger partial charge in [-0.25, -0.2) is 90.7 Å². The molecule has 18 aromatic rings. The van der Waals surface area contributed by atoms with Gasteiger partial charge in [0, 0.05) is 136 Å². The fourth-order valence-electron chi connectivity index (χ4n) is 19.5. The van der Waals surface area contributed by atoms with Crippen molar-refractivity contribution >= 4 is 79.8 Å². The number of carbonyl (C=O) groups excluding carboxylic acids is 2. The Morgan fingerprint density at radius 2 is 0.678 bits per heavy atom. The zero-order chi connectivity index (χ0) is 102. The molecule has 2 amide bonds. The Hall–Kier alpha value is -16.9. The summed E-state index contributed by atoms with van der Waals surface area (Å²) in [7, 11) is 4.40. The first-order valence-electron chi connectivity index (χ1n) is 48.1. The van der Waals surface area contributed by atoms with Gasteiger partial charge in [0.15, 0.2) is 51.5 Å². The molecular formula is C99H111ClN30O16. The van der Waals surface area contributed by atoms with Crippen LogP contribution in [0.15, 0.2) is 176 Å². The summed E-state index contributed by atoms with van der Waals surface area (Å²) in [6.45, 7) is 19.0. The number of carbonyl (C=O) groups is 3.